The molecule has 0 saturated carbocycles. The van der Waals surface area contributed by atoms with Gasteiger partial charge in [-0.15, -0.1) is 0 Å². The first kappa shape index (κ1) is 12.6. The molecule has 1 saturated heterocycles. The number of imidazole rings is 1. The van der Waals surface area contributed by atoms with Crippen molar-refractivity contribution in [2.24, 2.45) is 0 Å². The lowest BCUT2D eigenvalue weighted by molar-refractivity contribution is -0.0511. The second-order valence-electron chi connectivity index (χ2n) is 4.23. The van der Waals surface area contributed by atoms with Crippen LogP contribution in [0.25, 0.3) is 11.2 Å². The van der Waals surface area contributed by atoms with E-state index in [0.29, 0.717) is 16.2 Å². The molecule has 1 aliphatic rings. The van der Waals surface area contributed by atoms with Crippen molar-refractivity contribution in [1.82, 2.24) is 19.5 Å². The second-order valence-corrected chi connectivity index (χ2v) is 4.62. The van der Waals surface area contributed by atoms with Crippen molar-refractivity contribution in [3.8, 4) is 0 Å². The zero-order valence-electron chi connectivity index (χ0n) is 9.62. The minimum atomic E-state index is -1.18. The molecule has 3 heterocycles. The van der Waals surface area contributed by atoms with E-state index in [0.717, 1.165) is 0 Å². The molecule has 0 aliphatic carbocycles. The maximum absolute atomic E-state index is 9.96. The van der Waals surface area contributed by atoms with Crippen molar-refractivity contribution >= 4 is 23.8 Å². The molecule has 0 bridgehead atoms. The van der Waals surface area contributed by atoms with E-state index < -0.39 is 24.5 Å². The fraction of sp³-hybridized carbons (Fsp3) is 0.500. The van der Waals surface area contributed by atoms with Crippen LogP contribution in [-0.2, 0) is 17.4 Å². The molecule has 4 atom stereocenters. The molecule has 0 radical (unpaired) electrons. The minimum absolute atomic E-state index is 0.301. The van der Waals surface area contributed by atoms with Crippen molar-refractivity contribution in [2.75, 3.05) is 6.61 Å². The maximum atomic E-state index is 9.96. The average Bonchev–Trinajstić information content (AvgIpc) is 2.94. The van der Waals surface area contributed by atoms with Crippen LogP contribution in [0.5, 0.6) is 0 Å². The SMILES string of the molecule is OC[C@@H]1O[C@@H](n2cnc3c([S-])ncnc32)[C@@H](O)[C@@H]1O. The smallest absolute Gasteiger partial charge is 0.165 e. The molecule has 3 N–H and O–H groups in total. The zero-order valence-corrected chi connectivity index (χ0v) is 10.4. The summed E-state index contributed by atoms with van der Waals surface area (Å²) in [7, 11) is 0. The number of hydrogen-bond donors (Lipinski definition) is 3. The highest BCUT2D eigenvalue weighted by atomic mass is 32.1. The van der Waals surface area contributed by atoms with Gasteiger partial charge in [0.15, 0.2) is 11.9 Å². The Balaban J connectivity index is 2.04. The third-order valence-corrected chi connectivity index (χ3v) is 3.42. The van der Waals surface area contributed by atoms with Gasteiger partial charge in [0.2, 0.25) is 0 Å². The molecule has 102 valence electrons. The van der Waals surface area contributed by atoms with Gasteiger partial charge in [-0.1, -0.05) is 5.03 Å². The van der Waals surface area contributed by atoms with Crippen molar-refractivity contribution < 1.29 is 20.1 Å². The first-order chi connectivity index (χ1) is 9.13. The van der Waals surface area contributed by atoms with Crippen LogP contribution in [0.4, 0.5) is 0 Å². The third-order valence-electron chi connectivity index (χ3n) is 3.12. The molecule has 8 nitrogen and oxygen atoms in total. The van der Waals surface area contributed by atoms with Gasteiger partial charge in [0.1, 0.15) is 30.2 Å². The van der Waals surface area contributed by atoms with E-state index in [1.54, 1.807) is 0 Å². The summed E-state index contributed by atoms with van der Waals surface area (Å²) >= 11 is 5.02. The van der Waals surface area contributed by atoms with Crippen molar-refractivity contribution in [2.45, 2.75) is 29.6 Å². The molecule has 9 heteroatoms. The highest BCUT2D eigenvalue weighted by molar-refractivity contribution is 7.58. The Hall–Kier alpha value is -1.39. The monoisotopic (exact) mass is 283 g/mol. The van der Waals surface area contributed by atoms with Crippen LogP contribution in [0.2, 0.25) is 0 Å². The van der Waals surface area contributed by atoms with Gasteiger partial charge in [-0.25, -0.2) is 9.97 Å². The molecule has 1 fully saturated rings. The van der Waals surface area contributed by atoms with E-state index >= 15 is 0 Å². The number of nitrogens with zero attached hydrogens (tertiary/aromatic N) is 4. The molecule has 2 aromatic rings. The Bertz CT molecular complexity index is 606. The summed E-state index contributed by atoms with van der Waals surface area (Å²) in [6.45, 7) is -0.386. The van der Waals surface area contributed by atoms with Gasteiger partial charge in [-0.05, 0) is 0 Å². The first-order valence-electron chi connectivity index (χ1n) is 5.60. The van der Waals surface area contributed by atoms with E-state index in [1.807, 2.05) is 0 Å². The van der Waals surface area contributed by atoms with Crippen LogP contribution >= 0.6 is 0 Å². The third kappa shape index (κ3) is 1.86. The molecule has 19 heavy (non-hydrogen) atoms. The normalized spacial score (nSPS) is 31.1. The number of aliphatic hydroxyl groups excluding tert-OH is 3. The second kappa shape index (κ2) is 4.62. The van der Waals surface area contributed by atoms with Crippen LogP contribution in [0.15, 0.2) is 17.7 Å². The van der Waals surface area contributed by atoms with Gasteiger partial charge in [0, 0.05) is 0 Å². The van der Waals surface area contributed by atoms with Crippen LogP contribution < -0.4 is 0 Å². The van der Waals surface area contributed by atoms with E-state index in [1.165, 1.54) is 17.2 Å². The van der Waals surface area contributed by atoms with E-state index in [4.69, 9.17) is 22.5 Å². The Kier molecular flexibility index (Phi) is 3.07. The first-order valence-corrected chi connectivity index (χ1v) is 6.01. The summed E-state index contributed by atoms with van der Waals surface area (Å²) in [5.74, 6) is 0. The van der Waals surface area contributed by atoms with Crippen molar-refractivity contribution in [1.29, 1.82) is 0 Å². The summed E-state index contributed by atoms with van der Waals surface area (Å²) in [5.41, 5.74) is 0.838. The highest BCUT2D eigenvalue weighted by Gasteiger charge is 2.43. The molecule has 3 rings (SSSR count). The van der Waals surface area contributed by atoms with Gasteiger partial charge in [0.05, 0.1) is 12.9 Å². The molecule has 1 aliphatic heterocycles. The zero-order chi connectivity index (χ0) is 13.6. The number of aliphatic hydroxyl groups is 3. The predicted molar refractivity (Wildman–Crippen MR) is 64.0 cm³/mol. The largest absolute Gasteiger partial charge is 0.758 e. The number of fused-ring (bicyclic) bond motifs is 1. The summed E-state index contributed by atoms with van der Waals surface area (Å²) in [4.78, 5) is 12.0. The lowest BCUT2D eigenvalue weighted by Gasteiger charge is -2.16. The van der Waals surface area contributed by atoms with Crippen LogP contribution in [0, 0.1) is 0 Å². The summed E-state index contributed by atoms with van der Waals surface area (Å²) in [6, 6.07) is 0. The molecule has 0 unspecified atom stereocenters. The number of aromatic nitrogens is 4. The molecule has 2 aromatic heterocycles. The summed E-state index contributed by atoms with van der Waals surface area (Å²) in [6.07, 6.45) is -1.36. The Morgan fingerprint density at radius 2 is 2.05 bits per heavy atom. The van der Waals surface area contributed by atoms with Crippen LogP contribution in [0.1, 0.15) is 6.23 Å². The Morgan fingerprint density at radius 1 is 1.26 bits per heavy atom. The van der Waals surface area contributed by atoms with E-state index in [-0.39, 0.29) is 6.61 Å². The highest BCUT2D eigenvalue weighted by Crippen LogP contribution is 2.31. The molecule has 0 amide bonds. The fourth-order valence-corrected chi connectivity index (χ4v) is 2.32. The van der Waals surface area contributed by atoms with Gasteiger partial charge in [-0.3, -0.25) is 9.55 Å². The number of hydrogen-bond acceptors (Lipinski definition) is 8. The average molecular weight is 283 g/mol. The Morgan fingerprint density at radius 3 is 2.74 bits per heavy atom. The topological polar surface area (TPSA) is 114 Å². The maximum Gasteiger partial charge on any atom is 0.165 e. The van der Waals surface area contributed by atoms with Gasteiger partial charge in [0.25, 0.3) is 0 Å². The molecule has 0 aromatic carbocycles. The van der Waals surface area contributed by atoms with E-state index in [9.17, 15) is 10.2 Å². The quantitative estimate of drug-likeness (QED) is 0.443. The summed E-state index contributed by atoms with van der Waals surface area (Å²) < 4.78 is 6.87. The van der Waals surface area contributed by atoms with Gasteiger partial charge >= 0.3 is 0 Å². The summed E-state index contributed by atoms with van der Waals surface area (Å²) in [5, 5.41) is 29.1. The lowest BCUT2D eigenvalue weighted by Crippen LogP contribution is -2.33. The lowest BCUT2D eigenvalue weighted by atomic mass is 10.1. The fourth-order valence-electron chi connectivity index (χ4n) is 2.13. The Labute approximate surface area is 113 Å². The van der Waals surface area contributed by atoms with Crippen molar-refractivity contribution in [3.05, 3.63) is 12.7 Å². The number of rotatable bonds is 2. The van der Waals surface area contributed by atoms with Crippen molar-refractivity contribution in [3.63, 3.8) is 0 Å². The van der Waals surface area contributed by atoms with Gasteiger partial charge < -0.3 is 32.7 Å². The minimum Gasteiger partial charge on any atom is -0.758 e. The standard InChI is InChI=1S/C10H12N4O4S/c15-1-4-6(16)7(17)10(18-4)14-3-13-5-8(14)11-2-12-9(5)19/h2-4,6-7,10,15-17H,1H2,(H,11,12,19)/p-1/t4-,6+,7-,10+/m0/s1. The molecular weight excluding hydrogens is 272 g/mol. The molecular formula is C10H11N4O4S-. The van der Waals surface area contributed by atoms with Crippen LogP contribution in [0.3, 0.4) is 0 Å². The van der Waals surface area contributed by atoms with E-state index in [2.05, 4.69) is 15.0 Å². The van der Waals surface area contributed by atoms with Gasteiger partial charge in [-0.2, -0.15) is 0 Å². The van der Waals surface area contributed by atoms with Crippen LogP contribution in [-0.4, -0.2) is 59.8 Å². The molecule has 0 spiro atoms. The number of ether oxygens (including phenoxy) is 1. The predicted octanol–water partition coefficient (Wildman–Crippen LogP) is -1.66.